The molecule has 0 aromatic heterocycles. The number of carbonyl (C=O) groups is 1. The number of thioether (sulfide) groups is 1. The summed E-state index contributed by atoms with van der Waals surface area (Å²) in [6.45, 7) is 5.58. The van der Waals surface area contributed by atoms with Gasteiger partial charge in [0.05, 0.1) is 11.2 Å². The molecule has 1 N–H and O–H groups in total. The molecule has 21 heavy (non-hydrogen) atoms. The number of hydroxylamine groups is 1. The molecule has 0 saturated heterocycles. The van der Waals surface area contributed by atoms with Crippen molar-refractivity contribution in [3.8, 4) is 0 Å². The predicted molar refractivity (Wildman–Crippen MR) is 83.7 cm³/mol. The standard InChI is InChI=1S/C15H25NO4S/c1-15(2,3)20-16-13(11(9-17)10-21-4)14(18)19-12-7-5-6-8-12/h12-13,16H,5-8,10H2,1-4H3/t13-/m0/s1. The first kappa shape index (κ1) is 18.2. The lowest BCUT2D eigenvalue weighted by atomic mass is 10.1. The number of ether oxygens (including phenoxy) is 1. The summed E-state index contributed by atoms with van der Waals surface area (Å²) in [4.78, 5) is 28.9. The lowest BCUT2D eigenvalue weighted by molar-refractivity contribution is -0.158. The Morgan fingerprint density at radius 1 is 1.38 bits per heavy atom. The topological polar surface area (TPSA) is 64.6 Å². The molecule has 0 spiro atoms. The molecular weight excluding hydrogens is 290 g/mol. The van der Waals surface area contributed by atoms with Crippen molar-refractivity contribution < 1.29 is 19.2 Å². The van der Waals surface area contributed by atoms with E-state index < -0.39 is 17.6 Å². The maximum Gasteiger partial charge on any atom is 0.330 e. The molecule has 6 heteroatoms. The first-order valence-electron chi connectivity index (χ1n) is 7.24. The normalized spacial score (nSPS) is 17.3. The largest absolute Gasteiger partial charge is 0.461 e. The van der Waals surface area contributed by atoms with Crippen molar-refractivity contribution in [1.82, 2.24) is 5.48 Å². The van der Waals surface area contributed by atoms with E-state index in [0.29, 0.717) is 11.3 Å². The van der Waals surface area contributed by atoms with Gasteiger partial charge in [-0.2, -0.15) is 17.2 Å². The number of hydrogen-bond donors (Lipinski definition) is 1. The molecule has 0 bridgehead atoms. The highest BCUT2D eigenvalue weighted by molar-refractivity contribution is 7.98. The van der Waals surface area contributed by atoms with Gasteiger partial charge in [-0.25, -0.2) is 9.59 Å². The molecule has 0 heterocycles. The van der Waals surface area contributed by atoms with E-state index in [4.69, 9.17) is 9.57 Å². The Kier molecular flexibility index (Phi) is 7.46. The number of carbonyl (C=O) groups excluding carboxylic acids is 2. The third-order valence-electron chi connectivity index (χ3n) is 3.08. The van der Waals surface area contributed by atoms with Crippen LogP contribution in [0.4, 0.5) is 0 Å². The van der Waals surface area contributed by atoms with Crippen LogP contribution in [0.15, 0.2) is 5.57 Å². The molecule has 1 fully saturated rings. The van der Waals surface area contributed by atoms with Crippen LogP contribution in [0.25, 0.3) is 0 Å². The molecule has 1 atom stereocenters. The Morgan fingerprint density at radius 2 is 2.00 bits per heavy atom. The number of nitrogens with one attached hydrogen (secondary N) is 1. The minimum atomic E-state index is -0.894. The quantitative estimate of drug-likeness (QED) is 0.442. The van der Waals surface area contributed by atoms with Crippen LogP contribution in [-0.4, -0.2) is 41.7 Å². The van der Waals surface area contributed by atoms with Crippen LogP contribution in [0.1, 0.15) is 46.5 Å². The average molecular weight is 315 g/mol. The molecule has 0 unspecified atom stereocenters. The van der Waals surface area contributed by atoms with Gasteiger partial charge >= 0.3 is 5.97 Å². The summed E-state index contributed by atoms with van der Waals surface area (Å²) in [5.74, 6) is 1.80. The average Bonchev–Trinajstić information content (AvgIpc) is 2.89. The summed E-state index contributed by atoms with van der Waals surface area (Å²) in [6, 6.07) is -0.894. The number of hydrogen-bond acceptors (Lipinski definition) is 6. The molecular formula is C15H25NO4S. The molecule has 1 rings (SSSR count). The Morgan fingerprint density at radius 3 is 2.48 bits per heavy atom. The van der Waals surface area contributed by atoms with Gasteiger partial charge in [-0.1, -0.05) is 0 Å². The van der Waals surface area contributed by atoms with Gasteiger partial charge in [0, 0.05) is 5.75 Å². The van der Waals surface area contributed by atoms with Crippen molar-refractivity contribution in [1.29, 1.82) is 0 Å². The SMILES string of the molecule is CSCC(=C=O)[C@H](NOC(C)(C)C)C(=O)OC1CCCC1. The minimum Gasteiger partial charge on any atom is -0.461 e. The highest BCUT2D eigenvalue weighted by Crippen LogP contribution is 2.22. The molecule has 1 saturated carbocycles. The van der Waals surface area contributed by atoms with E-state index in [1.165, 1.54) is 11.8 Å². The fraction of sp³-hybridized carbons (Fsp3) is 0.800. The third kappa shape index (κ3) is 6.66. The zero-order valence-corrected chi connectivity index (χ0v) is 14.0. The highest BCUT2D eigenvalue weighted by atomic mass is 32.2. The van der Waals surface area contributed by atoms with E-state index in [2.05, 4.69) is 5.48 Å². The number of rotatable bonds is 7. The van der Waals surface area contributed by atoms with Gasteiger partial charge in [0.25, 0.3) is 0 Å². The van der Waals surface area contributed by atoms with E-state index in [0.717, 1.165) is 25.7 Å². The van der Waals surface area contributed by atoms with Crippen LogP contribution >= 0.6 is 11.8 Å². The Labute approximate surface area is 130 Å². The van der Waals surface area contributed by atoms with Crippen LogP contribution in [0, 0.1) is 0 Å². The van der Waals surface area contributed by atoms with Crippen LogP contribution in [0.3, 0.4) is 0 Å². The second-order valence-corrected chi connectivity index (χ2v) is 7.03. The van der Waals surface area contributed by atoms with Crippen molar-refractivity contribution in [2.24, 2.45) is 0 Å². The van der Waals surface area contributed by atoms with Gasteiger partial charge in [-0.05, 0) is 52.7 Å². The van der Waals surface area contributed by atoms with Crippen molar-refractivity contribution >= 4 is 23.7 Å². The van der Waals surface area contributed by atoms with Gasteiger partial charge in [0.1, 0.15) is 12.0 Å². The minimum absolute atomic E-state index is 0.0429. The fourth-order valence-corrected chi connectivity index (χ4v) is 2.60. The molecule has 5 nitrogen and oxygen atoms in total. The van der Waals surface area contributed by atoms with Gasteiger partial charge in [0.2, 0.25) is 0 Å². The molecule has 120 valence electrons. The summed E-state index contributed by atoms with van der Waals surface area (Å²) in [5.41, 5.74) is 2.52. The fourth-order valence-electron chi connectivity index (χ4n) is 2.06. The van der Waals surface area contributed by atoms with Crippen LogP contribution in [-0.2, 0) is 19.2 Å². The summed E-state index contributed by atoms with van der Waals surface area (Å²) in [5, 5.41) is 0. The molecule has 1 aliphatic rings. The van der Waals surface area contributed by atoms with Crippen LogP contribution in [0.5, 0.6) is 0 Å². The van der Waals surface area contributed by atoms with Gasteiger partial charge in [-0.3, -0.25) is 4.84 Å². The van der Waals surface area contributed by atoms with Crippen molar-refractivity contribution in [3.05, 3.63) is 5.57 Å². The molecule has 0 aromatic carbocycles. The van der Waals surface area contributed by atoms with Gasteiger partial charge in [0.15, 0.2) is 6.04 Å². The second kappa shape index (κ2) is 8.59. The van der Waals surface area contributed by atoms with Crippen LogP contribution < -0.4 is 5.48 Å². The Bertz CT molecular complexity index is 393. The maximum absolute atomic E-state index is 12.3. The van der Waals surface area contributed by atoms with E-state index in [1.807, 2.05) is 33.0 Å². The highest BCUT2D eigenvalue weighted by Gasteiger charge is 2.30. The maximum atomic E-state index is 12.3. The lowest BCUT2D eigenvalue weighted by Gasteiger charge is -2.25. The second-order valence-electron chi connectivity index (χ2n) is 6.17. The summed E-state index contributed by atoms with van der Waals surface area (Å²) in [6.07, 6.45) is 5.76. The van der Waals surface area contributed by atoms with E-state index in [-0.39, 0.29) is 6.10 Å². The van der Waals surface area contributed by atoms with Crippen LogP contribution in [0.2, 0.25) is 0 Å². The van der Waals surface area contributed by atoms with Gasteiger partial charge < -0.3 is 4.74 Å². The third-order valence-corrected chi connectivity index (χ3v) is 3.68. The summed E-state index contributed by atoms with van der Waals surface area (Å²) < 4.78 is 5.48. The molecule has 0 aliphatic heterocycles. The summed E-state index contributed by atoms with van der Waals surface area (Å²) >= 11 is 1.45. The van der Waals surface area contributed by atoms with E-state index in [1.54, 1.807) is 0 Å². The smallest absolute Gasteiger partial charge is 0.330 e. The monoisotopic (exact) mass is 315 g/mol. The predicted octanol–water partition coefficient (Wildman–Crippen LogP) is 2.28. The van der Waals surface area contributed by atoms with E-state index in [9.17, 15) is 9.59 Å². The first-order valence-corrected chi connectivity index (χ1v) is 8.63. The van der Waals surface area contributed by atoms with Gasteiger partial charge in [-0.15, -0.1) is 0 Å². The van der Waals surface area contributed by atoms with Crippen molar-refractivity contribution in [3.63, 3.8) is 0 Å². The van der Waals surface area contributed by atoms with Crippen molar-refractivity contribution in [2.75, 3.05) is 12.0 Å². The number of esters is 1. The van der Waals surface area contributed by atoms with E-state index >= 15 is 0 Å². The molecule has 1 aliphatic carbocycles. The van der Waals surface area contributed by atoms with Crippen molar-refractivity contribution in [2.45, 2.75) is 64.2 Å². The Balaban J connectivity index is 2.73. The molecule has 0 aromatic rings. The molecule has 0 radical (unpaired) electrons. The lowest BCUT2D eigenvalue weighted by Crippen LogP contribution is -2.45. The summed E-state index contributed by atoms with van der Waals surface area (Å²) in [7, 11) is 0. The Hall–Kier alpha value is -0.810. The first-order chi connectivity index (χ1) is 9.87. The zero-order chi connectivity index (χ0) is 15.9. The zero-order valence-electron chi connectivity index (χ0n) is 13.2. The molecule has 0 amide bonds.